The molecule has 19 heavy (non-hydrogen) atoms. The molecule has 3 heterocycles. The zero-order valence-electron chi connectivity index (χ0n) is 11.4. The van der Waals surface area contributed by atoms with Gasteiger partial charge >= 0.3 is 0 Å². The van der Waals surface area contributed by atoms with E-state index >= 15 is 0 Å². The van der Waals surface area contributed by atoms with Gasteiger partial charge in [0.25, 0.3) is 0 Å². The number of hydrogen-bond acceptors (Lipinski definition) is 3. The van der Waals surface area contributed by atoms with Crippen LogP contribution in [0.3, 0.4) is 0 Å². The maximum Gasteiger partial charge on any atom is 0.0948 e. The van der Waals surface area contributed by atoms with Crippen LogP contribution in [0.2, 0.25) is 0 Å². The first-order valence-electron chi connectivity index (χ1n) is 7.02. The number of piperidine rings is 1. The highest BCUT2D eigenvalue weighted by molar-refractivity contribution is 7.09. The number of hydrogen-bond donors (Lipinski definition) is 1. The number of imidazole rings is 1. The molecule has 0 radical (unpaired) electrons. The smallest absolute Gasteiger partial charge is 0.0948 e. The minimum absolute atomic E-state index is 0.289. The maximum absolute atomic E-state index is 4.39. The third kappa shape index (κ3) is 2.74. The maximum atomic E-state index is 4.39. The highest BCUT2D eigenvalue weighted by Crippen LogP contribution is 2.32. The lowest BCUT2D eigenvalue weighted by Gasteiger charge is -2.34. The van der Waals surface area contributed by atoms with Gasteiger partial charge in [-0.1, -0.05) is 13.0 Å². The first kappa shape index (κ1) is 12.9. The lowest BCUT2D eigenvalue weighted by Crippen LogP contribution is -2.39. The molecule has 0 spiro atoms. The van der Waals surface area contributed by atoms with Crippen LogP contribution in [0.15, 0.2) is 30.0 Å². The molecule has 102 valence electrons. The first-order valence-corrected chi connectivity index (χ1v) is 7.90. The fourth-order valence-electron chi connectivity index (χ4n) is 2.92. The van der Waals surface area contributed by atoms with Gasteiger partial charge in [-0.15, -0.1) is 11.3 Å². The Labute approximate surface area is 118 Å². The summed E-state index contributed by atoms with van der Waals surface area (Å²) in [6.45, 7) is 5.66. The Morgan fingerprint density at radius 2 is 2.26 bits per heavy atom. The first-order chi connectivity index (χ1) is 9.28. The van der Waals surface area contributed by atoms with Gasteiger partial charge in [-0.3, -0.25) is 0 Å². The molecule has 1 aliphatic rings. The van der Waals surface area contributed by atoms with Crippen LogP contribution in [-0.4, -0.2) is 22.6 Å². The summed E-state index contributed by atoms with van der Waals surface area (Å²) in [6.07, 6.45) is 7.58. The Morgan fingerprint density at radius 3 is 3.00 bits per heavy atom. The highest BCUT2D eigenvalue weighted by Gasteiger charge is 2.31. The minimum Gasteiger partial charge on any atom is -0.334 e. The molecule has 0 unspecified atom stereocenters. The number of nitrogens with one attached hydrogen (secondary N) is 1. The van der Waals surface area contributed by atoms with Gasteiger partial charge in [0.05, 0.1) is 6.33 Å². The zero-order valence-corrected chi connectivity index (χ0v) is 12.2. The fourth-order valence-corrected chi connectivity index (χ4v) is 3.62. The Bertz CT molecular complexity index is 509. The van der Waals surface area contributed by atoms with E-state index in [9.17, 15) is 0 Å². The van der Waals surface area contributed by atoms with Crippen molar-refractivity contribution in [3.63, 3.8) is 0 Å². The molecule has 0 saturated carbocycles. The van der Waals surface area contributed by atoms with Crippen molar-refractivity contribution in [3.05, 3.63) is 40.6 Å². The van der Waals surface area contributed by atoms with Crippen LogP contribution in [0.25, 0.3) is 0 Å². The Morgan fingerprint density at radius 1 is 1.42 bits per heavy atom. The molecular formula is C15H21N3S. The minimum atomic E-state index is 0.289. The molecule has 1 fully saturated rings. The van der Waals surface area contributed by atoms with Gasteiger partial charge in [0.15, 0.2) is 0 Å². The number of thiophene rings is 1. The van der Waals surface area contributed by atoms with Crippen LogP contribution in [0.5, 0.6) is 0 Å². The van der Waals surface area contributed by atoms with Crippen molar-refractivity contribution < 1.29 is 0 Å². The lowest BCUT2D eigenvalue weighted by molar-refractivity contribution is 0.317. The summed E-state index contributed by atoms with van der Waals surface area (Å²) < 4.78 is 2.35. The third-order valence-corrected chi connectivity index (χ3v) is 5.15. The van der Waals surface area contributed by atoms with Gasteiger partial charge < -0.3 is 9.88 Å². The molecule has 3 nitrogen and oxygen atoms in total. The second-order valence-corrected chi connectivity index (χ2v) is 6.64. The van der Waals surface area contributed by atoms with Crippen molar-refractivity contribution in [2.24, 2.45) is 0 Å². The number of nitrogens with zero attached hydrogens (tertiary/aromatic N) is 2. The van der Waals surface area contributed by atoms with Gasteiger partial charge in [0.2, 0.25) is 0 Å². The zero-order chi connectivity index (χ0) is 13.1. The topological polar surface area (TPSA) is 29.9 Å². The summed E-state index contributed by atoms with van der Waals surface area (Å²) in [4.78, 5) is 5.84. The van der Waals surface area contributed by atoms with E-state index in [2.05, 4.69) is 45.5 Å². The molecule has 1 saturated heterocycles. The molecule has 0 bridgehead atoms. The summed E-state index contributed by atoms with van der Waals surface area (Å²) in [7, 11) is 0. The molecule has 0 aliphatic carbocycles. The Hall–Kier alpha value is -1.13. The van der Waals surface area contributed by atoms with Crippen LogP contribution >= 0.6 is 11.3 Å². The molecule has 1 N–H and O–H groups in total. The largest absolute Gasteiger partial charge is 0.334 e. The van der Waals surface area contributed by atoms with E-state index in [1.807, 2.05) is 17.7 Å². The van der Waals surface area contributed by atoms with E-state index in [0.29, 0.717) is 0 Å². The summed E-state index contributed by atoms with van der Waals surface area (Å²) in [6, 6.07) is 4.34. The summed E-state index contributed by atoms with van der Waals surface area (Å²) in [5, 5.41) is 5.60. The van der Waals surface area contributed by atoms with Crippen molar-refractivity contribution in [2.75, 3.05) is 13.1 Å². The predicted molar refractivity (Wildman–Crippen MR) is 79.7 cm³/mol. The van der Waals surface area contributed by atoms with Crippen LogP contribution in [-0.2, 0) is 18.4 Å². The molecule has 2 aromatic rings. The predicted octanol–water partition coefficient (Wildman–Crippen LogP) is 2.83. The van der Waals surface area contributed by atoms with Crippen LogP contribution in [0.4, 0.5) is 0 Å². The molecule has 0 aromatic carbocycles. The van der Waals surface area contributed by atoms with Gasteiger partial charge in [-0.2, -0.15) is 0 Å². The summed E-state index contributed by atoms with van der Waals surface area (Å²) >= 11 is 1.84. The van der Waals surface area contributed by atoms with E-state index in [4.69, 9.17) is 0 Å². The molecular weight excluding hydrogens is 254 g/mol. The summed E-state index contributed by atoms with van der Waals surface area (Å²) in [5.74, 6) is 0. The Balaban J connectivity index is 1.74. The number of aryl methyl sites for hydroxylation is 2. The number of aromatic nitrogens is 2. The second kappa shape index (κ2) is 5.47. The van der Waals surface area contributed by atoms with E-state index in [-0.39, 0.29) is 5.41 Å². The average Bonchev–Trinajstić information content (AvgIpc) is 3.09. The third-order valence-electron chi connectivity index (χ3n) is 4.22. The standard InChI is InChI=1S/C15H21N3S/c1-15(5-7-16-8-6-15)14-11-17-12-18(14)9-4-13-3-2-10-19-13/h2-3,10-12,16H,4-9H2,1H3. The fraction of sp³-hybridized carbons (Fsp3) is 0.533. The molecule has 4 heteroatoms. The van der Waals surface area contributed by atoms with Crippen LogP contribution in [0, 0.1) is 0 Å². The highest BCUT2D eigenvalue weighted by atomic mass is 32.1. The normalized spacial score (nSPS) is 18.6. The van der Waals surface area contributed by atoms with Crippen molar-refractivity contribution in [1.82, 2.24) is 14.9 Å². The van der Waals surface area contributed by atoms with Gasteiger partial charge in [-0.25, -0.2) is 4.98 Å². The monoisotopic (exact) mass is 275 g/mol. The van der Waals surface area contributed by atoms with E-state index in [1.165, 1.54) is 23.4 Å². The second-order valence-electron chi connectivity index (χ2n) is 5.61. The van der Waals surface area contributed by atoms with Gasteiger partial charge in [-0.05, 0) is 43.8 Å². The van der Waals surface area contributed by atoms with Crippen molar-refractivity contribution in [2.45, 2.75) is 38.1 Å². The van der Waals surface area contributed by atoms with Crippen LogP contribution in [0.1, 0.15) is 30.3 Å². The lowest BCUT2D eigenvalue weighted by atomic mass is 9.78. The van der Waals surface area contributed by atoms with Crippen LogP contribution < -0.4 is 5.32 Å². The molecule has 0 atom stereocenters. The van der Waals surface area contributed by atoms with E-state index in [1.54, 1.807) is 0 Å². The van der Waals surface area contributed by atoms with E-state index in [0.717, 1.165) is 26.1 Å². The van der Waals surface area contributed by atoms with Gasteiger partial charge in [0, 0.05) is 28.7 Å². The Kier molecular flexibility index (Phi) is 3.71. The molecule has 1 aliphatic heterocycles. The molecule has 2 aromatic heterocycles. The molecule has 3 rings (SSSR count). The quantitative estimate of drug-likeness (QED) is 0.930. The van der Waals surface area contributed by atoms with Crippen molar-refractivity contribution in [1.29, 1.82) is 0 Å². The SMILES string of the molecule is CC1(c2cncn2CCc2cccs2)CCNCC1. The van der Waals surface area contributed by atoms with E-state index < -0.39 is 0 Å². The number of rotatable bonds is 4. The molecule has 0 amide bonds. The van der Waals surface area contributed by atoms with Crippen molar-refractivity contribution >= 4 is 11.3 Å². The van der Waals surface area contributed by atoms with Gasteiger partial charge in [0.1, 0.15) is 0 Å². The van der Waals surface area contributed by atoms with Crippen molar-refractivity contribution in [3.8, 4) is 0 Å². The average molecular weight is 275 g/mol. The summed E-state index contributed by atoms with van der Waals surface area (Å²) in [5.41, 5.74) is 1.70.